The Morgan fingerprint density at radius 1 is 1.45 bits per heavy atom. The van der Waals surface area contributed by atoms with Gasteiger partial charge in [0, 0.05) is 19.1 Å². The van der Waals surface area contributed by atoms with Gasteiger partial charge in [0.15, 0.2) is 0 Å². The molecule has 0 saturated carbocycles. The van der Waals surface area contributed by atoms with Gasteiger partial charge in [-0.25, -0.2) is 0 Å². The number of aliphatic imine (C=N–C) groups is 1. The average molecular weight is 280 g/mol. The lowest BCUT2D eigenvalue weighted by Crippen LogP contribution is -2.45. The fraction of sp³-hybridized carbons (Fsp3) is 0.824. The first-order valence-electron chi connectivity index (χ1n) is 7.77. The van der Waals surface area contributed by atoms with Gasteiger partial charge in [-0.1, -0.05) is 40.7 Å². The molecule has 1 rings (SSSR count). The summed E-state index contributed by atoms with van der Waals surface area (Å²) in [4.78, 5) is 7.51. The van der Waals surface area contributed by atoms with Crippen molar-refractivity contribution in [2.24, 2.45) is 16.3 Å². The third-order valence-electron chi connectivity index (χ3n) is 3.87. The summed E-state index contributed by atoms with van der Waals surface area (Å²) in [6.07, 6.45) is 4.39. The fourth-order valence-electron chi connectivity index (χ4n) is 2.79. The second kappa shape index (κ2) is 7.26. The van der Waals surface area contributed by atoms with Crippen molar-refractivity contribution < 1.29 is 4.74 Å². The average Bonchev–Trinajstić information content (AvgIpc) is 2.76. The molecule has 116 valence electrons. The van der Waals surface area contributed by atoms with Gasteiger partial charge in [-0.3, -0.25) is 4.99 Å². The molecule has 0 bridgehead atoms. The first-order valence-corrected chi connectivity index (χ1v) is 7.77. The molecule has 0 aliphatic carbocycles. The molecule has 3 heteroatoms. The Bertz CT molecular complexity index is 341. The molecule has 3 nitrogen and oxygen atoms in total. The molecule has 0 radical (unpaired) electrons. The quantitative estimate of drug-likeness (QED) is 0.435. The summed E-state index contributed by atoms with van der Waals surface area (Å²) in [5.74, 6) is 1.68. The first kappa shape index (κ1) is 17.2. The minimum atomic E-state index is 0.0481. The van der Waals surface area contributed by atoms with Gasteiger partial charge in [-0.05, 0) is 18.8 Å². The van der Waals surface area contributed by atoms with Gasteiger partial charge in [-0.2, -0.15) is 0 Å². The Labute approximate surface area is 125 Å². The van der Waals surface area contributed by atoms with E-state index in [1.165, 1.54) is 18.7 Å². The van der Waals surface area contributed by atoms with Gasteiger partial charge in [0.1, 0.15) is 5.84 Å². The zero-order valence-corrected chi connectivity index (χ0v) is 14.1. The van der Waals surface area contributed by atoms with E-state index in [4.69, 9.17) is 9.73 Å². The number of amidine groups is 1. The Morgan fingerprint density at radius 2 is 2.10 bits per heavy atom. The molecule has 20 heavy (non-hydrogen) atoms. The van der Waals surface area contributed by atoms with E-state index < -0.39 is 0 Å². The van der Waals surface area contributed by atoms with E-state index >= 15 is 0 Å². The van der Waals surface area contributed by atoms with E-state index in [0.29, 0.717) is 12.0 Å². The minimum absolute atomic E-state index is 0.0481. The molecule has 1 aliphatic rings. The topological polar surface area (TPSA) is 24.8 Å². The van der Waals surface area contributed by atoms with Crippen LogP contribution in [0.1, 0.15) is 47.5 Å². The van der Waals surface area contributed by atoms with Gasteiger partial charge >= 0.3 is 0 Å². The Morgan fingerprint density at radius 3 is 2.55 bits per heavy atom. The highest BCUT2D eigenvalue weighted by atomic mass is 16.5. The molecule has 1 aliphatic heterocycles. The van der Waals surface area contributed by atoms with E-state index in [1.54, 1.807) is 7.11 Å². The van der Waals surface area contributed by atoms with Crippen molar-refractivity contribution >= 4 is 5.84 Å². The zero-order chi connectivity index (χ0) is 15.3. The van der Waals surface area contributed by atoms with Crippen LogP contribution in [0.4, 0.5) is 0 Å². The van der Waals surface area contributed by atoms with Crippen molar-refractivity contribution in [1.29, 1.82) is 0 Å². The van der Waals surface area contributed by atoms with Crippen LogP contribution in [0.5, 0.6) is 0 Å². The Kier molecular flexibility index (Phi) is 6.25. The van der Waals surface area contributed by atoms with Crippen LogP contribution in [0, 0.1) is 11.3 Å². The Balaban J connectivity index is 3.06. The standard InChI is InChI=1S/C17H32N2O/c1-8-15(13(2)3)18-16(17(4,5)6)19-11-9-10-14(19)12-20-7/h8,13-15H,1,9-12H2,2-7H3/t14-,15-/m0/s1. The number of ether oxygens (including phenoxy) is 1. The van der Waals surface area contributed by atoms with E-state index in [9.17, 15) is 0 Å². The van der Waals surface area contributed by atoms with E-state index in [1.807, 2.05) is 6.08 Å². The monoisotopic (exact) mass is 280 g/mol. The van der Waals surface area contributed by atoms with Crippen molar-refractivity contribution in [2.75, 3.05) is 20.3 Å². The van der Waals surface area contributed by atoms with Crippen LogP contribution in [0.2, 0.25) is 0 Å². The molecule has 0 aromatic heterocycles. The molecule has 2 atom stereocenters. The van der Waals surface area contributed by atoms with Gasteiger partial charge < -0.3 is 9.64 Å². The van der Waals surface area contributed by atoms with Gasteiger partial charge in [0.05, 0.1) is 18.7 Å². The summed E-state index contributed by atoms with van der Waals surface area (Å²) in [6.45, 7) is 17.0. The summed E-state index contributed by atoms with van der Waals surface area (Å²) in [7, 11) is 1.78. The summed E-state index contributed by atoms with van der Waals surface area (Å²) < 4.78 is 5.38. The molecule has 1 fully saturated rings. The third kappa shape index (κ3) is 4.34. The predicted octanol–water partition coefficient (Wildman–Crippen LogP) is 3.75. The van der Waals surface area contributed by atoms with Crippen molar-refractivity contribution in [2.45, 2.75) is 59.5 Å². The highest BCUT2D eigenvalue weighted by Crippen LogP contribution is 2.28. The molecular weight excluding hydrogens is 248 g/mol. The van der Waals surface area contributed by atoms with Crippen molar-refractivity contribution in [3.63, 3.8) is 0 Å². The number of likely N-dealkylation sites (tertiary alicyclic amines) is 1. The summed E-state index contributed by atoms with van der Waals surface area (Å²) in [5.41, 5.74) is 0.0481. The highest BCUT2D eigenvalue weighted by Gasteiger charge is 2.33. The zero-order valence-electron chi connectivity index (χ0n) is 14.1. The smallest absolute Gasteiger partial charge is 0.105 e. The summed E-state index contributed by atoms with van der Waals surface area (Å²) in [6, 6.07) is 0.656. The second-order valence-corrected chi connectivity index (χ2v) is 7.12. The highest BCUT2D eigenvalue weighted by molar-refractivity contribution is 5.88. The molecular formula is C17H32N2O. The molecule has 1 saturated heterocycles. The Hall–Kier alpha value is -0.830. The molecule has 1 heterocycles. The van der Waals surface area contributed by atoms with Crippen LogP contribution in [-0.2, 0) is 4.74 Å². The number of rotatable bonds is 5. The van der Waals surface area contributed by atoms with Crippen molar-refractivity contribution in [3.8, 4) is 0 Å². The lowest BCUT2D eigenvalue weighted by molar-refractivity contribution is 0.141. The molecule has 0 N–H and O–H groups in total. The van der Waals surface area contributed by atoms with E-state index in [2.05, 4.69) is 46.1 Å². The first-order chi connectivity index (χ1) is 9.31. The number of hydrogen-bond acceptors (Lipinski definition) is 2. The maximum Gasteiger partial charge on any atom is 0.105 e. The van der Waals surface area contributed by atoms with Crippen molar-refractivity contribution in [1.82, 2.24) is 4.90 Å². The normalized spacial score (nSPS) is 22.4. The van der Waals surface area contributed by atoms with Gasteiger partial charge in [0.2, 0.25) is 0 Å². The van der Waals surface area contributed by atoms with Gasteiger partial charge in [0.25, 0.3) is 0 Å². The van der Waals surface area contributed by atoms with E-state index in [-0.39, 0.29) is 11.5 Å². The third-order valence-corrected chi connectivity index (χ3v) is 3.87. The van der Waals surface area contributed by atoms with Crippen LogP contribution in [0.3, 0.4) is 0 Å². The van der Waals surface area contributed by atoms with E-state index in [0.717, 1.165) is 13.2 Å². The van der Waals surface area contributed by atoms with Crippen LogP contribution in [0.25, 0.3) is 0 Å². The lowest BCUT2D eigenvalue weighted by Gasteiger charge is -2.36. The predicted molar refractivity (Wildman–Crippen MR) is 87.3 cm³/mol. The van der Waals surface area contributed by atoms with Crippen LogP contribution < -0.4 is 0 Å². The molecule has 0 aromatic carbocycles. The lowest BCUT2D eigenvalue weighted by atomic mass is 9.92. The fourth-order valence-corrected chi connectivity index (χ4v) is 2.79. The molecule has 0 aromatic rings. The number of hydrogen-bond donors (Lipinski definition) is 0. The van der Waals surface area contributed by atoms with Crippen LogP contribution >= 0.6 is 0 Å². The van der Waals surface area contributed by atoms with Gasteiger partial charge in [-0.15, -0.1) is 6.58 Å². The molecule has 0 unspecified atom stereocenters. The van der Waals surface area contributed by atoms with Crippen LogP contribution in [0.15, 0.2) is 17.6 Å². The largest absolute Gasteiger partial charge is 0.383 e. The maximum atomic E-state index is 5.38. The SMILES string of the molecule is C=C[C@H](N=C(N1CCC[C@H]1COC)C(C)(C)C)C(C)C. The molecule has 0 spiro atoms. The molecule has 0 amide bonds. The maximum absolute atomic E-state index is 5.38. The van der Waals surface area contributed by atoms with Crippen molar-refractivity contribution in [3.05, 3.63) is 12.7 Å². The summed E-state index contributed by atoms with van der Waals surface area (Å²) >= 11 is 0. The minimum Gasteiger partial charge on any atom is -0.383 e. The second-order valence-electron chi connectivity index (χ2n) is 7.12. The summed E-state index contributed by atoms with van der Waals surface area (Å²) in [5, 5.41) is 0. The number of methoxy groups -OCH3 is 1. The van der Waals surface area contributed by atoms with Crippen LogP contribution in [-0.4, -0.2) is 43.1 Å². The number of nitrogens with zero attached hydrogens (tertiary/aromatic N) is 2.